The first-order valence-electron chi connectivity index (χ1n) is 3.30. The smallest absolute Gasteiger partial charge is 0.287 e. The summed E-state index contributed by atoms with van der Waals surface area (Å²) < 4.78 is 0. The average Bonchev–Trinajstić information content (AvgIpc) is 1.97. The second-order valence-corrected chi connectivity index (χ2v) is 2.32. The molecule has 0 atom stereocenters. The third-order valence-electron chi connectivity index (χ3n) is 1.05. The fourth-order valence-electron chi connectivity index (χ4n) is 0.482. The minimum atomic E-state index is -0.542. The van der Waals surface area contributed by atoms with Gasteiger partial charge in [0.2, 0.25) is 5.78 Å². The molecule has 64 valence electrons. The van der Waals surface area contributed by atoms with Gasteiger partial charge in [0, 0.05) is 20.0 Å². The van der Waals surface area contributed by atoms with E-state index in [9.17, 15) is 9.59 Å². The molecule has 0 aromatic carbocycles. The molecule has 0 aromatic heterocycles. The Morgan fingerprint density at radius 1 is 1.36 bits per heavy atom. The van der Waals surface area contributed by atoms with Crippen LogP contribution < -0.4 is 10.2 Å². The van der Waals surface area contributed by atoms with Crippen LogP contribution >= 0.6 is 11.8 Å². The van der Waals surface area contributed by atoms with Crippen LogP contribution in [0.5, 0.6) is 0 Å². The monoisotopic (exact) mass is 178 g/mol. The number of amides is 1. The Labute approximate surface area is 70.4 Å². The molecule has 0 aliphatic rings. The first-order valence-corrected chi connectivity index (χ1v) is 3.68. The molecule has 0 radical (unpaired) electrons. The highest BCUT2D eigenvalue weighted by molar-refractivity contribution is 6.35. The van der Waals surface area contributed by atoms with Crippen molar-refractivity contribution in [3.05, 3.63) is 0 Å². The molecule has 0 fully saturated rings. The summed E-state index contributed by atoms with van der Waals surface area (Å²) in [5, 5.41) is 2.43. The van der Waals surface area contributed by atoms with E-state index in [2.05, 4.69) is 10.2 Å². The summed E-state index contributed by atoms with van der Waals surface area (Å²) in [5.41, 5.74) is 0. The van der Waals surface area contributed by atoms with Gasteiger partial charge in [-0.25, -0.2) is 4.84 Å². The molecule has 1 amide bonds. The minimum absolute atomic E-state index is 0.469. The summed E-state index contributed by atoms with van der Waals surface area (Å²) in [6.45, 7) is 2.31. The average molecular weight is 179 g/mol. The highest BCUT2D eigenvalue weighted by atomic mass is 35.5. The predicted molar refractivity (Wildman–Crippen MR) is 42.2 cm³/mol. The first-order chi connectivity index (χ1) is 5.18. The second-order valence-electron chi connectivity index (χ2n) is 2.05. The first kappa shape index (κ1) is 10.4. The molecule has 0 aromatic rings. The van der Waals surface area contributed by atoms with Gasteiger partial charge < -0.3 is 5.32 Å². The SMILES string of the molecule is CC(=O)C(=O)NCCCNCl. The van der Waals surface area contributed by atoms with Crippen LogP contribution in [0.3, 0.4) is 0 Å². The molecule has 0 unspecified atom stereocenters. The quantitative estimate of drug-likeness (QED) is 0.349. The maximum Gasteiger partial charge on any atom is 0.287 e. The molecule has 0 spiro atoms. The Hall–Kier alpha value is -0.610. The molecule has 0 aliphatic heterocycles. The second kappa shape index (κ2) is 6.12. The molecule has 0 saturated carbocycles. The van der Waals surface area contributed by atoms with Crippen LogP contribution in [0, 0.1) is 0 Å². The number of hydrogen-bond donors (Lipinski definition) is 2. The molecule has 0 heterocycles. The molecule has 0 aliphatic carbocycles. The van der Waals surface area contributed by atoms with Crippen molar-refractivity contribution in [1.82, 2.24) is 10.2 Å². The summed E-state index contributed by atoms with van der Waals surface area (Å²) >= 11 is 5.15. The Bertz CT molecular complexity index is 150. The Morgan fingerprint density at radius 3 is 2.45 bits per heavy atom. The van der Waals surface area contributed by atoms with Crippen molar-refractivity contribution in [2.24, 2.45) is 0 Å². The summed E-state index contributed by atoms with van der Waals surface area (Å²) in [7, 11) is 0. The molecule has 4 nitrogen and oxygen atoms in total. The van der Waals surface area contributed by atoms with Crippen LogP contribution in [0.4, 0.5) is 0 Å². The fourth-order valence-corrected chi connectivity index (χ4v) is 0.615. The largest absolute Gasteiger partial charge is 0.349 e. The van der Waals surface area contributed by atoms with Gasteiger partial charge in [0.15, 0.2) is 0 Å². The molecular formula is C6H11ClN2O2. The van der Waals surface area contributed by atoms with Crippen LogP contribution in [0.25, 0.3) is 0 Å². The molecule has 0 rings (SSSR count). The lowest BCUT2D eigenvalue weighted by Crippen LogP contribution is -2.30. The molecule has 0 bridgehead atoms. The van der Waals surface area contributed by atoms with Crippen LogP contribution in [0.1, 0.15) is 13.3 Å². The van der Waals surface area contributed by atoms with Gasteiger partial charge in [0.25, 0.3) is 5.91 Å². The normalized spacial score (nSPS) is 9.27. The number of hydrogen-bond acceptors (Lipinski definition) is 3. The third-order valence-corrected chi connectivity index (χ3v) is 1.24. The van der Waals surface area contributed by atoms with E-state index < -0.39 is 11.7 Å². The van der Waals surface area contributed by atoms with Gasteiger partial charge in [0.05, 0.1) is 0 Å². The van der Waals surface area contributed by atoms with Gasteiger partial charge in [-0.15, -0.1) is 0 Å². The van der Waals surface area contributed by atoms with E-state index >= 15 is 0 Å². The molecule has 11 heavy (non-hydrogen) atoms. The van der Waals surface area contributed by atoms with E-state index in [1.165, 1.54) is 6.92 Å². The summed E-state index contributed by atoms with van der Waals surface area (Å²) in [4.78, 5) is 23.4. The van der Waals surface area contributed by atoms with Crippen molar-refractivity contribution >= 4 is 23.5 Å². The fraction of sp³-hybridized carbons (Fsp3) is 0.667. The predicted octanol–water partition coefficient (Wildman–Crippen LogP) is -0.175. The Morgan fingerprint density at radius 2 is 2.00 bits per heavy atom. The van der Waals surface area contributed by atoms with Crippen LogP contribution in [0.15, 0.2) is 0 Å². The van der Waals surface area contributed by atoms with Gasteiger partial charge in [-0.3, -0.25) is 9.59 Å². The van der Waals surface area contributed by atoms with E-state index in [0.29, 0.717) is 19.5 Å². The van der Waals surface area contributed by atoms with Gasteiger partial charge in [0.1, 0.15) is 0 Å². The van der Waals surface area contributed by atoms with Crippen molar-refractivity contribution in [3.8, 4) is 0 Å². The lowest BCUT2D eigenvalue weighted by molar-refractivity contribution is -0.136. The maximum atomic E-state index is 10.6. The van der Waals surface area contributed by atoms with E-state index in [1.54, 1.807) is 0 Å². The van der Waals surface area contributed by atoms with Crippen molar-refractivity contribution in [3.63, 3.8) is 0 Å². The summed E-state index contributed by atoms with van der Waals surface area (Å²) in [5.74, 6) is -1.01. The van der Waals surface area contributed by atoms with Crippen LogP contribution in [0.2, 0.25) is 0 Å². The van der Waals surface area contributed by atoms with Crippen LogP contribution in [-0.4, -0.2) is 24.8 Å². The Balaban J connectivity index is 3.25. The number of ketones is 1. The highest BCUT2D eigenvalue weighted by Crippen LogP contribution is 1.76. The Kier molecular flexibility index (Phi) is 5.78. The van der Waals surface area contributed by atoms with Crippen molar-refractivity contribution in [2.75, 3.05) is 13.1 Å². The van der Waals surface area contributed by atoms with Gasteiger partial charge in [-0.1, -0.05) is 0 Å². The third kappa shape index (κ3) is 5.82. The zero-order valence-corrected chi connectivity index (χ0v) is 7.07. The maximum absolute atomic E-state index is 10.6. The zero-order valence-electron chi connectivity index (χ0n) is 6.32. The highest BCUT2D eigenvalue weighted by Gasteiger charge is 2.04. The van der Waals surface area contributed by atoms with Crippen molar-refractivity contribution in [1.29, 1.82) is 0 Å². The molecule has 0 saturated heterocycles. The summed E-state index contributed by atoms with van der Waals surface area (Å²) in [6, 6.07) is 0. The zero-order chi connectivity index (χ0) is 8.69. The molecule has 2 N–H and O–H groups in total. The summed E-state index contributed by atoms with van der Waals surface area (Å²) in [6.07, 6.45) is 0.711. The standard InChI is InChI=1S/C6H11ClN2O2/c1-5(10)6(11)8-3-2-4-9-7/h9H,2-4H2,1H3,(H,8,11). The number of carbonyl (C=O) groups is 2. The van der Waals surface area contributed by atoms with E-state index in [-0.39, 0.29) is 0 Å². The topological polar surface area (TPSA) is 58.2 Å². The molecule has 5 heteroatoms. The van der Waals surface area contributed by atoms with E-state index in [4.69, 9.17) is 11.8 Å². The lowest BCUT2D eigenvalue weighted by Gasteiger charge is -2.00. The number of rotatable bonds is 5. The number of halogens is 1. The number of nitrogens with one attached hydrogen (secondary N) is 2. The minimum Gasteiger partial charge on any atom is -0.349 e. The van der Waals surface area contributed by atoms with E-state index in [0.717, 1.165) is 0 Å². The van der Waals surface area contributed by atoms with E-state index in [1.807, 2.05) is 0 Å². The van der Waals surface area contributed by atoms with Crippen molar-refractivity contribution < 1.29 is 9.59 Å². The van der Waals surface area contributed by atoms with Crippen LogP contribution in [-0.2, 0) is 9.59 Å². The number of Topliss-reactive ketones (excluding diaryl/α,β-unsaturated/α-hetero) is 1. The van der Waals surface area contributed by atoms with Gasteiger partial charge >= 0.3 is 0 Å². The lowest BCUT2D eigenvalue weighted by atomic mass is 10.4. The van der Waals surface area contributed by atoms with Gasteiger partial charge in [-0.05, 0) is 18.2 Å². The number of carbonyl (C=O) groups excluding carboxylic acids is 2. The van der Waals surface area contributed by atoms with Crippen molar-refractivity contribution in [2.45, 2.75) is 13.3 Å². The molecular weight excluding hydrogens is 168 g/mol. The van der Waals surface area contributed by atoms with Gasteiger partial charge in [-0.2, -0.15) is 0 Å².